The summed E-state index contributed by atoms with van der Waals surface area (Å²) in [5.74, 6) is 0.839. The average molecular weight is 178 g/mol. The Kier molecular flexibility index (Phi) is 5.69. The Bertz CT molecular complexity index is 166. The van der Waals surface area contributed by atoms with Crippen LogP contribution in [0.2, 0.25) is 0 Å². The van der Waals surface area contributed by atoms with Gasteiger partial charge in [0.15, 0.2) is 0 Å². The van der Waals surface area contributed by atoms with Crippen LogP contribution in [-0.2, 0) is 0 Å². The molecule has 1 aliphatic carbocycles. The highest BCUT2D eigenvalue weighted by molar-refractivity contribution is 4.90. The van der Waals surface area contributed by atoms with Gasteiger partial charge in [-0.15, -0.1) is 5.73 Å². The van der Waals surface area contributed by atoms with Crippen LogP contribution in [0.15, 0.2) is 17.9 Å². The van der Waals surface area contributed by atoms with Gasteiger partial charge in [0, 0.05) is 0 Å². The fraction of sp³-hybridized carbons (Fsp3) is 0.769. The summed E-state index contributed by atoms with van der Waals surface area (Å²) in [5, 5.41) is 0. The molecule has 0 saturated heterocycles. The van der Waals surface area contributed by atoms with Crippen molar-refractivity contribution in [1.82, 2.24) is 0 Å². The minimum Gasteiger partial charge on any atom is -0.129 e. The summed E-state index contributed by atoms with van der Waals surface area (Å²) >= 11 is 0. The molecule has 0 amide bonds. The van der Waals surface area contributed by atoms with E-state index in [-0.39, 0.29) is 0 Å². The highest BCUT2D eigenvalue weighted by Crippen LogP contribution is 2.24. The molecule has 1 aliphatic rings. The first kappa shape index (κ1) is 10.6. The lowest BCUT2D eigenvalue weighted by Crippen LogP contribution is -2.01. The number of hydrogen-bond acceptors (Lipinski definition) is 0. The quantitative estimate of drug-likeness (QED) is 0.440. The molecule has 0 heterocycles. The van der Waals surface area contributed by atoms with E-state index in [1.807, 2.05) is 0 Å². The van der Waals surface area contributed by atoms with Gasteiger partial charge in [0.1, 0.15) is 0 Å². The van der Waals surface area contributed by atoms with Gasteiger partial charge in [0.05, 0.1) is 0 Å². The summed E-state index contributed by atoms with van der Waals surface area (Å²) in [4.78, 5) is 0. The van der Waals surface area contributed by atoms with Gasteiger partial charge in [0.2, 0.25) is 0 Å². The van der Waals surface area contributed by atoms with E-state index in [0.29, 0.717) is 0 Å². The van der Waals surface area contributed by atoms with Crippen LogP contribution < -0.4 is 0 Å². The standard InChI is InChI=1S/C13H22/c1-2-3-4-5-7-10-13-11-8-6-9-12-13/h5,10,13H,2-4,6,8-9,11-12H2,1H3. The summed E-state index contributed by atoms with van der Waals surface area (Å²) in [6.45, 7) is 2.23. The smallest absolute Gasteiger partial charge is 0.0158 e. The Morgan fingerprint density at radius 2 is 2.00 bits per heavy atom. The Balaban J connectivity index is 2.16. The Morgan fingerprint density at radius 1 is 1.23 bits per heavy atom. The van der Waals surface area contributed by atoms with Crippen LogP contribution in [0.5, 0.6) is 0 Å². The maximum Gasteiger partial charge on any atom is -0.0158 e. The third kappa shape index (κ3) is 4.95. The van der Waals surface area contributed by atoms with Gasteiger partial charge in [-0.2, -0.15) is 0 Å². The monoisotopic (exact) mass is 178 g/mol. The largest absolute Gasteiger partial charge is 0.129 e. The van der Waals surface area contributed by atoms with Crippen molar-refractivity contribution in [3.05, 3.63) is 17.9 Å². The fourth-order valence-electron chi connectivity index (χ4n) is 1.89. The van der Waals surface area contributed by atoms with E-state index in [4.69, 9.17) is 0 Å². The molecule has 0 spiro atoms. The van der Waals surface area contributed by atoms with Gasteiger partial charge in [-0.3, -0.25) is 0 Å². The van der Waals surface area contributed by atoms with Crippen LogP contribution in [-0.4, -0.2) is 0 Å². The predicted octanol–water partition coefficient (Wildman–Crippen LogP) is 4.47. The van der Waals surface area contributed by atoms with Crippen LogP contribution in [0.4, 0.5) is 0 Å². The second kappa shape index (κ2) is 6.97. The van der Waals surface area contributed by atoms with Crippen molar-refractivity contribution in [3.63, 3.8) is 0 Å². The number of hydrogen-bond donors (Lipinski definition) is 0. The molecule has 0 aromatic carbocycles. The Morgan fingerprint density at radius 3 is 2.69 bits per heavy atom. The third-order valence-corrected chi connectivity index (χ3v) is 2.80. The van der Waals surface area contributed by atoms with E-state index in [2.05, 4.69) is 24.8 Å². The number of rotatable bonds is 4. The molecule has 0 radical (unpaired) electrons. The van der Waals surface area contributed by atoms with Crippen molar-refractivity contribution in [2.75, 3.05) is 0 Å². The van der Waals surface area contributed by atoms with Gasteiger partial charge in [-0.1, -0.05) is 32.6 Å². The molecule has 1 saturated carbocycles. The summed E-state index contributed by atoms with van der Waals surface area (Å²) in [5.41, 5.74) is 3.34. The molecule has 0 aliphatic heterocycles. The summed E-state index contributed by atoms with van der Waals surface area (Å²) in [6.07, 6.45) is 15.4. The molecule has 0 unspecified atom stereocenters. The van der Waals surface area contributed by atoms with Gasteiger partial charge in [-0.25, -0.2) is 0 Å². The van der Waals surface area contributed by atoms with Crippen LogP contribution in [0.3, 0.4) is 0 Å². The van der Waals surface area contributed by atoms with E-state index in [9.17, 15) is 0 Å². The molecule has 0 heteroatoms. The van der Waals surface area contributed by atoms with Crippen molar-refractivity contribution < 1.29 is 0 Å². The van der Waals surface area contributed by atoms with E-state index >= 15 is 0 Å². The van der Waals surface area contributed by atoms with Crippen molar-refractivity contribution in [1.29, 1.82) is 0 Å². The molecule has 74 valence electrons. The normalized spacial score (nSPS) is 17.9. The van der Waals surface area contributed by atoms with Crippen molar-refractivity contribution in [2.45, 2.75) is 58.3 Å². The van der Waals surface area contributed by atoms with Crippen LogP contribution in [0.1, 0.15) is 58.3 Å². The molecule has 0 aromatic heterocycles. The summed E-state index contributed by atoms with van der Waals surface area (Å²) in [6, 6.07) is 0. The highest BCUT2D eigenvalue weighted by Gasteiger charge is 2.08. The Labute approximate surface area is 82.7 Å². The van der Waals surface area contributed by atoms with Gasteiger partial charge in [0.25, 0.3) is 0 Å². The van der Waals surface area contributed by atoms with Gasteiger partial charge < -0.3 is 0 Å². The third-order valence-electron chi connectivity index (χ3n) is 2.80. The SMILES string of the molecule is CCCCC=C=CC1CCCCC1. The lowest BCUT2D eigenvalue weighted by Gasteiger charge is -2.16. The lowest BCUT2D eigenvalue weighted by atomic mass is 9.89. The zero-order chi connectivity index (χ0) is 9.36. The van der Waals surface area contributed by atoms with Gasteiger partial charge in [-0.05, 0) is 43.8 Å². The zero-order valence-corrected chi connectivity index (χ0v) is 8.89. The molecule has 0 atom stereocenters. The van der Waals surface area contributed by atoms with E-state index in [1.54, 1.807) is 0 Å². The molecule has 13 heavy (non-hydrogen) atoms. The molecule has 1 fully saturated rings. The first-order valence-electron chi connectivity index (χ1n) is 5.84. The molecular formula is C13H22. The maximum atomic E-state index is 3.34. The molecular weight excluding hydrogens is 156 g/mol. The maximum absolute atomic E-state index is 3.34. The minimum atomic E-state index is 0.839. The topological polar surface area (TPSA) is 0 Å². The highest BCUT2D eigenvalue weighted by atomic mass is 14.1. The fourth-order valence-corrected chi connectivity index (χ4v) is 1.89. The van der Waals surface area contributed by atoms with Gasteiger partial charge >= 0.3 is 0 Å². The number of allylic oxidation sites excluding steroid dienone is 1. The molecule has 0 nitrogen and oxygen atoms in total. The summed E-state index contributed by atoms with van der Waals surface area (Å²) in [7, 11) is 0. The van der Waals surface area contributed by atoms with Crippen molar-refractivity contribution >= 4 is 0 Å². The zero-order valence-electron chi connectivity index (χ0n) is 8.89. The first-order valence-corrected chi connectivity index (χ1v) is 5.84. The van der Waals surface area contributed by atoms with Crippen molar-refractivity contribution in [2.24, 2.45) is 5.92 Å². The summed E-state index contributed by atoms with van der Waals surface area (Å²) < 4.78 is 0. The van der Waals surface area contributed by atoms with E-state index < -0.39 is 0 Å². The minimum absolute atomic E-state index is 0.839. The molecule has 1 rings (SSSR count). The average Bonchev–Trinajstić information content (AvgIpc) is 2.19. The van der Waals surface area contributed by atoms with E-state index in [0.717, 1.165) is 5.92 Å². The first-order chi connectivity index (χ1) is 6.43. The van der Waals surface area contributed by atoms with Crippen LogP contribution in [0.25, 0.3) is 0 Å². The Hall–Kier alpha value is -0.480. The second-order valence-corrected chi connectivity index (χ2v) is 4.08. The molecule has 0 N–H and O–H groups in total. The molecule has 0 aromatic rings. The van der Waals surface area contributed by atoms with Crippen LogP contribution in [0, 0.1) is 5.92 Å². The predicted molar refractivity (Wildman–Crippen MR) is 58.8 cm³/mol. The molecule has 0 bridgehead atoms. The number of unbranched alkanes of at least 4 members (excludes halogenated alkanes) is 2. The van der Waals surface area contributed by atoms with E-state index in [1.165, 1.54) is 51.4 Å². The van der Waals surface area contributed by atoms with Crippen LogP contribution >= 0.6 is 0 Å². The second-order valence-electron chi connectivity index (χ2n) is 4.08. The lowest BCUT2D eigenvalue weighted by molar-refractivity contribution is 0.419. The van der Waals surface area contributed by atoms with Crippen molar-refractivity contribution in [3.8, 4) is 0 Å².